The topological polar surface area (TPSA) is 48.1 Å². The van der Waals surface area contributed by atoms with E-state index in [0.717, 1.165) is 16.5 Å². The molecule has 106 valence electrons. The number of pyridine rings is 1. The molecule has 3 rings (SSSR count). The summed E-state index contributed by atoms with van der Waals surface area (Å²) in [4.78, 5) is 4.36. The van der Waals surface area contributed by atoms with E-state index in [1.54, 1.807) is 6.20 Å². The number of hydrogen-bond acceptors (Lipinski definition) is 3. The van der Waals surface area contributed by atoms with Gasteiger partial charge in [-0.25, -0.2) is 0 Å². The van der Waals surface area contributed by atoms with E-state index in [2.05, 4.69) is 4.98 Å². The Labute approximate surface area is 128 Å². The number of ether oxygens (including phenoxy) is 1. The third-order valence-electron chi connectivity index (χ3n) is 3.30. The van der Waals surface area contributed by atoms with Crippen molar-refractivity contribution in [2.45, 2.75) is 13.0 Å². The van der Waals surface area contributed by atoms with Crippen molar-refractivity contribution in [3.63, 3.8) is 0 Å². The number of aromatic nitrogens is 1. The third-order valence-corrected chi connectivity index (χ3v) is 3.59. The number of nitrogens with zero attached hydrogens (tertiary/aromatic N) is 1. The molecule has 1 aromatic heterocycles. The molecule has 3 aromatic rings. The molecule has 2 N–H and O–H groups in total. The third kappa shape index (κ3) is 2.84. The van der Waals surface area contributed by atoms with Crippen LogP contribution in [0.1, 0.15) is 18.5 Å². The predicted molar refractivity (Wildman–Crippen MR) is 85.9 cm³/mol. The minimum atomic E-state index is -0.0595. The summed E-state index contributed by atoms with van der Waals surface area (Å²) in [6.07, 6.45) is 1.75. The zero-order valence-electron chi connectivity index (χ0n) is 11.6. The molecule has 2 aromatic carbocycles. The fourth-order valence-corrected chi connectivity index (χ4v) is 2.39. The maximum absolute atomic E-state index is 6.27. The molecule has 0 bridgehead atoms. The highest BCUT2D eigenvalue weighted by Gasteiger charge is 2.09. The summed E-state index contributed by atoms with van der Waals surface area (Å²) in [6.45, 7) is 1.92. The Hall–Kier alpha value is -2.10. The Morgan fingerprint density at radius 3 is 2.67 bits per heavy atom. The van der Waals surface area contributed by atoms with Crippen LogP contribution in [0, 0.1) is 0 Å². The summed E-state index contributed by atoms with van der Waals surface area (Å²) >= 11 is 6.27. The van der Waals surface area contributed by atoms with Crippen LogP contribution in [0.15, 0.2) is 54.7 Å². The van der Waals surface area contributed by atoms with Gasteiger partial charge in [-0.3, -0.25) is 4.98 Å². The summed E-state index contributed by atoms with van der Waals surface area (Å²) < 4.78 is 5.92. The van der Waals surface area contributed by atoms with Gasteiger partial charge in [0.05, 0.1) is 5.02 Å². The largest absolute Gasteiger partial charge is 0.454 e. The number of para-hydroxylation sites is 1. The van der Waals surface area contributed by atoms with E-state index in [4.69, 9.17) is 22.1 Å². The average Bonchev–Trinajstić information content (AvgIpc) is 2.49. The quantitative estimate of drug-likeness (QED) is 0.762. The normalized spacial score (nSPS) is 12.3. The van der Waals surface area contributed by atoms with E-state index in [-0.39, 0.29) is 6.04 Å². The lowest BCUT2D eigenvalue weighted by molar-refractivity contribution is 0.487. The number of hydrogen-bond donors (Lipinski definition) is 1. The van der Waals surface area contributed by atoms with Crippen molar-refractivity contribution in [1.82, 2.24) is 4.98 Å². The monoisotopic (exact) mass is 298 g/mol. The molecule has 0 spiro atoms. The van der Waals surface area contributed by atoms with E-state index >= 15 is 0 Å². The highest BCUT2D eigenvalue weighted by molar-refractivity contribution is 6.32. The highest BCUT2D eigenvalue weighted by atomic mass is 35.5. The second-order valence-corrected chi connectivity index (χ2v) is 5.32. The fraction of sp³-hybridized carbons (Fsp3) is 0.118. The van der Waals surface area contributed by atoms with Crippen LogP contribution in [-0.2, 0) is 0 Å². The molecule has 0 radical (unpaired) electrons. The first-order valence-electron chi connectivity index (χ1n) is 6.72. The zero-order chi connectivity index (χ0) is 14.8. The van der Waals surface area contributed by atoms with Crippen LogP contribution < -0.4 is 10.5 Å². The van der Waals surface area contributed by atoms with Crippen molar-refractivity contribution in [3.05, 3.63) is 65.3 Å². The lowest BCUT2D eigenvalue weighted by Crippen LogP contribution is -2.04. The molecular weight excluding hydrogens is 284 g/mol. The lowest BCUT2D eigenvalue weighted by Gasteiger charge is -2.12. The SMILES string of the molecule is CC(N)c1ccc(Oc2cccc3cccnc23)c(Cl)c1. The second-order valence-electron chi connectivity index (χ2n) is 4.91. The number of rotatable bonds is 3. The summed E-state index contributed by atoms with van der Waals surface area (Å²) in [7, 11) is 0. The molecule has 21 heavy (non-hydrogen) atoms. The Bertz CT molecular complexity index is 781. The first kappa shape index (κ1) is 13.9. The van der Waals surface area contributed by atoms with Gasteiger partial charge in [0.2, 0.25) is 0 Å². The molecule has 1 unspecified atom stereocenters. The predicted octanol–water partition coefficient (Wildman–Crippen LogP) is 4.70. The summed E-state index contributed by atoms with van der Waals surface area (Å²) in [5.41, 5.74) is 7.64. The van der Waals surface area contributed by atoms with Gasteiger partial charge in [-0.2, -0.15) is 0 Å². The molecule has 4 heteroatoms. The van der Waals surface area contributed by atoms with Crippen LogP contribution in [0.4, 0.5) is 0 Å². The molecule has 0 amide bonds. The maximum Gasteiger partial charge on any atom is 0.153 e. The van der Waals surface area contributed by atoms with E-state index in [1.165, 1.54) is 0 Å². The minimum Gasteiger partial charge on any atom is -0.454 e. The first-order valence-corrected chi connectivity index (χ1v) is 7.09. The molecule has 0 saturated heterocycles. The van der Waals surface area contributed by atoms with Gasteiger partial charge in [-0.1, -0.05) is 35.9 Å². The van der Waals surface area contributed by atoms with Gasteiger partial charge in [0.1, 0.15) is 11.3 Å². The minimum absolute atomic E-state index is 0.0595. The number of nitrogens with two attached hydrogens (primary N) is 1. The van der Waals surface area contributed by atoms with Gasteiger partial charge in [-0.15, -0.1) is 0 Å². The fourth-order valence-electron chi connectivity index (χ4n) is 2.16. The van der Waals surface area contributed by atoms with Crippen LogP contribution in [0.2, 0.25) is 5.02 Å². The van der Waals surface area contributed by atoms with Gasteiger partial charge in [0, 0.05) is 17.6 Å². The van der Waals surface area contributed by atoms with Crippen LogP contribution >= 0.6 is 11.6 Å². The van der Waals surface area contributed by atoms with E-state index in [0.29, 0.717) is 16.5 Å². The maximum atomic E-state index is 6.27. The van der Waals surface area contributed by atoms with Crippen LogP contribution in [0.5, 0.6) is 11.5 Å². The molecule has 0 fully saturated rings. The van der Waals surface area contributed by atoms with Gasteiger partial charge < -0.3 is 10.5 Å². The summed E-state index contributed by atoms with van der Waals surface area (Å²) in [6, 6.07) is 15.2. The van der Waals surface area contributed by atoms with E-state index in [9.17, 15) is 0 Å². The van der Waals surface area contributed by atoms with Gasteiger partial charge in [-0.05, 0) is 36.8 Å². The molecule has 3 nitrogen and oxygen atoms in total. The standard InChI is InChI=1S/C17H15ClN2O/c1-11(19)13-7-8-15(14(18)10-13)21-16-6-2-4-12-5-3-9-20-17(12)16/h2-11H,19H2,1H3. The average molecular weight is 299 g/mol. The summed E-state index contributed by atoms with van der Waals surface area (Å²) in [5, 5.41) is 1.57. The van der Waals surface area contributed by atoms with Gasteiger partial charge >= 0.3 is 0 Å². The van der Waals surface area contributed by atoms with Crippen LogP contribution in [0.25, 0.3) is 10.9 Å². The van der Waals surface area contributed by atoms with Gasteiger partial charge in [0.25, 0.3) is 0 Å². The molecule has 1 heterocycles. The molecule has 1 atom stereocenters. The number of fused-ring (bicyclic) bond motifs is 1. The molecule has 0 saturated carbocycles. The zero-order valence-corrected chi connectivity index (χ0v) is 12.3. The van der Waals surface area contributed by atoms with Crippen molar-refractivity contribution in [3.8, 4) is 11.5 Å². The molecule has 0 aliphatic rings. The van der Waals surface area contributed by atoms with Gasteiger partial charge in [0.15, 0.2) is 5.75 Å². The van der Waals surface area contributed by atoms with E-state index < -0.39 is 0 Å². The van der Waals surface area contributed by atoms with E-state index in [1.807, 2.05) is 55.5 Å². The molecule has 0 aliphatic heterocycles. The van der Waals surface area contributed by atoms with Crippen molar-refractivity contribution in [2.24, 2.45) is 5.73 Å². The molecule has 0 aliphatic carbocycles. The second kappa shape index (κ2) is 5.72. The van der Waals surface area contributed by atoms with Crippen LogP contribution in [0.3, 0.4) is 0 Å². The Morgan fingerprint density at radius 2 is 1.90 bits per heavy atom. The molecular formula is C17H15ClN2O. The Kier molecular flexibility index (Phi) is 3.78. The highest BCUT2D eigenvalue weighted by Crippen LogP contribution is 2.34. The van der Waals surface area contributed by atoms with Crippen molar-refractivity contribution in [2.75, 3.05) is 0 Å². The Balaban J connectivity index is 1.99. The number of halogens is 1. The Morgan fingerprint density at radius 1 is 1.10 bits per heavy atom. The number of benzene rings is 2. The van der Waals surface area contributed by atoms with Crippen molar-refractivity contribution >= 4 is 22.5 Å². The van der Waals surface area contributed by atoms with Crippen molar-refractivity contribution < 1.29 is 4.74 Å². The summed E-state index contributed by atoms with van der Waals surface area (Å²) in [5.74, 6) is 1.28. The van der Waals surface area contributed by atoms with Crippen LogP contribution in [-0.4, -0.2) is 4.98 Å². The first-order chi connectivity index (χ1) is 10.1. The van der Waals surface area contributed by atoms with Crippen molar-refractivity contribution in [1.29, 1.82) is 0 Å². The lowest BCUT2D eigenvalue weighted by atomic mass is 10.1. The smallest absolute Gasteiger partial charge is 0.153 e.